The van der Waals surface area contributed by atoms with E-state index in [1.807, 2.05) is 42.5 Å². The number of thioether (sulfide) groups is 1. The van der Waals surface area contributed by atoms with Crippen LogP contribution in [0.4, 0.5) is 0 Å². The Morgan fingerprint density at radius 1 is 1.20 bits per heavy atom. The lowest BCUT2D eigenvalue weighted by Gasteiger charge is -2.10. The average molecular weight is 310 g/mol. The van der Waals surface area contributed by atoms with Crippen LogP contribution in [0, 0.1) is 0 Å². The third-order valence-corrected chi connectivity index (χ3v) is 3.89. The predicted molar refractivity (Wildman–Crippen MR) is 82.1 cm³/mol. The van der Waals surface area contributed by atoms with Crippen molar-refractivity contribution in [3.63, 3.8) is 0 Å². The minimum absolute atomic E-state index is 0.308. The Hall–Kier alpha value is -1.07. The summed E-state index contributed by atoms with van der Waals surface area (Å²) < 4.78 is 5.48. The highest BCUT2D eigenvalue weighted by atomic mass is 35.5. The van der Waals surface area contributed by atoms with Crippen molar-refractivity contribution >= 4 is 23.4 Å². The van der Waals surface area contributed by atoms with Gasteiger partial charge in [0.2, 0.25) is 0 Å². The van der Waals surface area contributed by atoms with Crippen LogP contribution >= 0.6 is 23.4 Å². The van der Waals surface area contributed by atoms with Crippen LogP contribution in [0.1, 0.15) is 5.56 Å². The number of aromatic nitrogens is 1. The number of aliphatic hydroxyl groups is 1. The molecule has 1 heterocycles. The van der Waals surface area contributed by atoms with Crippen molar-refractivity contribution < 1.29 is 9.84 Å². The highest BCUT2D eigenvalue weighted by molar-refractivity contribution is 7.99. The third kappa shape index (κ3) is 5.51. The fourth-order valence-electron chi connectivity index (χ4n) is 1.56. The Kier molecular flexibility index (Phi) is 6.33. The number of hydrogen-bond acceptors (Lipinski definition) is 4. The summed E-state index contributed by atoms with van der Waals surface area (Å²) in [5.74, 6) is 0.567. The molecule has 0 bridgehead atoms. The molecule has 0 amide bonds. The number of rotatable bonds is 7. The summed E-state index contributed by atoms with van der Waals surface area (Å²) in [5.41, 5.74) is 1.04. The maximum Gasteiger partial charge on any atom is 0.0960 e. The molecule has 0 saturated heterocycles. The minimum Gasteiger partial charge on any atom is -0.390 e. The van der Waals surface area contributed by atoms with E-state index in [9.17, 15) is 5.11 Å². The van der Waals surface area contributed by atoms with E-state index in [4.69, 9.17) is 16.3 Å². The van der Waals surface area contributed by atoms with Gasteiger partial charge in [0.1, 0.15) is 0 Å². The van der Waals surface area contributed by atoms with Gasteiger partial charge in [-0.15, -0.1) is 11.8 Å². The molecule has 2 aromatic rings. The van der Waals surface area contributed by atoms with Crippen molar-refractivity contribution in [1.82, 2.24) is 4.98 Å². The van der Waals surface area contributed by atoms with Crippen LogP contribution in [-0.2, 0) is 11.3 Å². The fourth-order valence-corrected chi connectivity index (χ4v) is 2.45. The molecule has 0 fully saturated rings. The van der Waals surface area contributed by atoms with Crippen molar-refractivity contribution in [1.29, 1.82) is 0 Å². The smallest absolute Gasteiger partial charge is 0.0960 e. The predicted octanol–water partition coefficient (Wildman–Crippen LogP) is 3.40. The zero-order chi connectivity index (χ0) is 14.2. The van der Waals surface area contributed by atoms with Crippen LogP contribution in [-0.4, -0.2) is 28.6 Å². The van der Waals surface area contributed by atoms with Crippen molar-refractivity contribution in [3.05, 3.63) is 59.2 Å². The normalized spacial score (nSPS) is 12.3. The zero-order valence-electron chi connectivity index (χ0n) is 10.9. The summed E-state index contributed by atoms with van der Waals surface area (Å²) >= 11 is 7.32. The number of pyridine rings is 1. The number of nitrogens with zero attached hydrogens (tertiary/aromatic N) is 1. The Morgan fingerprint density at radius 2 is 2.00 bits per heavy atom. The van der Waals surface area contributed by atoms with Gasteiger partial charge in [0.25, 0.3) is 0 Å². The second-order valence-corrected chi connectivity index (χ2v) is 5.75. The molecule has 0 spiro atoms. The summed E-state index contributed by atoms with van der Waals surface area (Å²) in [6.07, 6.45) is 1.24. The van der Waals surface area contributed by atoms with Crippen LogP contribution in [0.25, 0.3) is 0 Å². The zero-order valence-corrected chi connectivity index (χ0v) is 12.5. The summed E-state index contributed by atoms with van der Waals surface area (Å²) in [6, 6.07) is 13.2. The maximum atomic E-state index is 9.84. The number of aliphatic hydroxyl groups excluding tert-OH is 1. The lowest BCUT2D eigenvalue weighted by Crippen LogP contribution is -2.17. The molecule has 20 heavy (non-hydrogen) atoms. The van der Waals surface area contributed by atoms with E-state index in [0.29, 0.717) is 24.0 Å². The monoisotopic (exact) mass is 309 g/mol. The van der Waals surface area contributed by atoms with Gasteiger partial charge < -0.3 is 9.84 Å². The van der Waals surface area contributed by atoms with Crippen LogP contribution < -0.4 is 0 Å². The molecule has 1 N–H and O–H groups in total. The molecule has 5 heteroatoms. The molecule has 0 radical (unpaired) electrons. The molecule has 2 rings (SSSR count). The topological polar surface area (TPSA) is 42.4 Å². The van der Waals surface area contributed by atoms with Gasteiger partial charge in [-0.1, -0.05) is 29.8 Å². The average Bonchev–Trinajstić information content (AvgIpc) is 2.48. The van der Waals surface area contributed by atoms with Gasteiger partial charge in [-0.25, -0.2) is 4.98 Å². The Bertz CT molecular complexity index is 507. The molecule has 1 aromatic heterocycles. The summed E-state index contributed by atoms with van der Waals surface area (Å²) in [5, 5.41) is 11.5. The molecule has 0 aliphatic carbocycles. The first-order valence-corrected chi connectivity index (χ1v) is 7.64. The molecule has 0 aliphatic rings. The standard InChI is InChI=1S/C15H16ClNO2S/c16-13-6-4-12(5-7-13)9-19-10-14(18)11-20-15-3-1-2-8-17-15/h1-8,14,18H,9-11H2/t14-/m0/s1. The van der Waals surface area contributed by atoms with Crippen LogP contribution in [0.5, 0.6) is 0 Å². The Labute approximate surface area is 128 Å². The lowest BCUT2D eigenvalue weighted by atomic mass is 10.2. The molecular weight excluding hydrogens is 294 g/mol. The largest absolute Gasteiger partial charge is 0.390 e. The fraction of sp³-hybridized carbons (Fsp3) is 0.267. The Balaban J connectivity index is 1.65. The minimum atomic E-state index is -0.505. The van der Waals surface area contributed by atoms with E-state index in [1.54, 1.807) is 6.20 Å². The van der Waals surface area contributed by atoms with Gasteiger partial charge >= 0.3 is 0 Å². The number of benzene rings is 1. The van der Waals surface area contributed by atoms with E-state index >= 15 is 0 Å². The first-order chi connectivity index (χ1) is 9.74. The van der Waals surface area contributed by atoms with Gasteiger partial charge in [-0.05, 0) is 29.8 Å². The lowest BCUT2D eigenvalue weighted by molar-refractivity contribution is 0.0398. The van der Waals surface area contributed by atoms with E-state index in [-0.39, 0.29) is 0 Å². The second kappa shape index (κ2) is 8.27. The van der Waals surface area contributed by atoms with E-state index in [0.717, 1.165) is 10.6 Å². The first-order valence-electron chi connectivity index (χ1n) is 6.28. The van der Waals surface area contributed by atoms with E-state index < -0.39 is 6.10 Å². The third-order valence-electron chi connectivity index (χ3n) is 2.55. The van der Waals surface area contributed by atoms with Crippen LogP contribution in [0.2, 0.25) is 5.02 Å². The number of hydrogen-bond donors (Lipinski definition) is 1. The van der Waals surface area contributed by atoms with E-state index in [2.05, 4.69) is 4.98 Å². The summed E-state index contributed by atoms with van der Waals surface area (Å²) in [6.45, 7) is 0.783. The maximum absolute atomic E-state index is 9.84. The quantitative estimate of drug-likeness (QED) is 0.796. The molecule has 106 valence electrons. The van der Waals surface area contributed by atoms with Gasteiger partial charge in [-0.3, -0.25) is 0 Å². The van der Waals surface area contributed by atoms with E-state index in [1.165, 1.54) is 11.8 Å². The molecule has 1 aromatic carbocycles. The van der Waals surface area contributed by atoms with Gasteiger partial charge in [0, 0.05) is 17.0 Å². The number of halogens is 1. The van der Waals surface area contributed by atoms with Crippen LogP contribution in [0.15, 0.2) is 53.7 Å². The Morgan fingerprint density at radius 3 is 2.70 bits per heavy atom. The van der Waals surface area contributed by atoms with Crippen LogP contribution in [0.3, 0.4) is 0 Å². The first kappa shape index (κ1) is 15.3. The highest BCUT2D eigenvalue weighted by Gasteiger charge is 2.06. The van der Waals surface area contributed by atoms with Crippen molar-refractivity contribution in [2.45, 2.75) is 17.7 Å². The summed E-state index contributed by atoms with van der Waals surface area (Å²) in [4.78, 5) is 4.19. The molecular formula is C15H16ClNO2S. The molecule has 0 unspecified atom stereocenters. The molecule has 0 saturated carbocycles. The molecule has 3 nitrogen and oxygen atoms in total. The van der Waals surface area contributed by atoms with Gasteiger partial charge in [0.15, 0.2) is 0 Å². The van der Waals surface area contributed by atoms with Crippen molar-refractivity contribution in [2.24, 2.45) is 0 Å². The second-order valence-electron chi connectivity index (χ2n) is 4.27. The molecule has 1 atom stereocenters. The van der Waals surface area contributed by atoms with Gasteiger partial charge in [0.05, 0.1) is 24.3 Å². The SMILES string of the molecule is O[C@@H](COCc1ccc(Cl)cc1)CSc1ccccn1. The van der Waals surface area contributed by atoms with Gasteiger partial charge in [-0.2, -0.15) is 0 Å². The van der Waals surface area contributed by atoms with Crippen molar-refractivity contribution in [3.8, 4) is 0 Å². The van der Waals surface area contributed by atoms with Crippen molar-refractivity contribution in [2.75, 3.05) is 12.4 Å². The highest BCUT2D eigenvalue weighted by Crippen LogP contribution is 2.15. The number of ether oxygens (including phenoxy) is 1. The molecule has 0 aliphatic heterocycles. The summed E-state index contributed by atoms with van der Waals surface area (Å²) in [7, 11) is 0.